The Kier molecular flexibility index (Phi) is 6.00. The topological polar surface area (TPSA) is 123 Å². The number of tetrazole rings is 1. The molecule has 4 rings (SSSR count). The van der Waals surface area contributed by atoms with Gasteiger partial charge in [0, 0.05) is 10.9 Å². The second-order valence-electron chi connectivity index (χ2n) is 6.11. The minimum atomic E-state index is -1.03. The van der Waals surface area contributed by atoms with Crippen LogP contribution in [0.15, 0.2) is 59.1 Å². The molecule has 2 aromatic heterocycles. The highest BCUT2D eigenvalue weighted by Crippen LogP contribution is 2.25. The molecule has 4 aromatic rings. The van der Waals surface area contributed by atoms with Crippen molar-refractivity contribution in [3.8, 4) is 16.9 Å². The zero-order chi connectivity index (χ0) is 21.8. The fourth-order valence-electron chi connectivity index (χ4n) is 2.55. The summed E-state index contributed by atoms with van der Waals surface area (Å²) in [6.07, 6.45) is 0. The molecule has 0 saturated heterocycles. The number of aromatic nitrogens is 5. The number of nitrogens with zero attached hydrogens (tertiary/aromatic N) is 5. The number of amides is 1. The molecule has 0 bridgehead atoms. The molecule has 156 valence electrons. The molecule has 1 amide bonds. The molecule has 0 atom stereocenters. The second kappa shape index (κ2) is 9.02. The van der Waals surface area contributed by atoms with Crippen molar-refractivity contribution in [2.24, 2.45) is 0 Å². The van der Waals surface area contributed by atoms with Gasteiger partial charge in [0.1, 0.15) is 5.82 Å². The van der Waals surface area contributed by atoms with Gasteiger partial charge in [0.05, 0.1) is 22.7 Å². The molecule has 0 aliphatic heterocycles. The van der Waals surface area contributed by atoms with Crippen molar-refractivity contribution in [2.75, 3.05) is 11.1 Å². The van der Waals surface area contributed by atoms with Crippen molar-refractivity contribution < 1.29 is 19.1 Å². The van der Waals surface area contributed by atoms with E-state index >= 15 is 0 Å². The van der Waals surface area contributed by atoms with E-state index in [9.17, 15) is 14.0 Å². The van der Waals surface area contributed by atoms with Crippen molar-refractivity contribution in [3.05, 3.63) is 65.3 Å². The second-order valence-corrected chi connectivity index (χ2v) is 7.91. The smallest absolute Gasteiger partial charge is 0.335 e. The minimum absolute atomic E-state index is 0.0407. The molecule has 2 aromatic carbocycles. The first-order valence-electron chi connectivity index (χ1n) is 8.76. The zero-order valence-corrected chi connectivity index (χ0v) is 17.2. The van der Waals surface area contributed by atoms with Gasteiger partial charge in [0.15, 0.2) is 5.13 Å². The van der Waals surface area contributed by atoms with Gasteiger partial charge in [0.2, 0.25) is 11.1 Å². The molecular formula is C19H13FN6O3S2. The number of anilines is 1. The van der Waals surface area contributed by atoms with E-state index in [1.165, 1.54) is 40.3 Å². The summed E-state index contributed by atoms with van der Waals surface area (Å²) >= 11 is 2.39. The van der Waals surface area contributed by atoms with Gasteiger partial charge in [-0.2, -0.15) is 4.68 Å². The van der Waals surface area contributed by atoms with Crippen LogP contribution < -0.4 is 5.32 Å². The summed E-state index contributed by atoms with van der Waals surface area (Å²) in [6.45, 7) is 0. The Labute approximate surface area is 182 Å². The van der Waals surface area contributed by atoms with Crippen LogP contribution in [0.3, 0.4) is 0 Å². The highest BCUT2D eigenvalue weighted by molar-refractivity contribution is 7.99. The Balaban J connectivity index is 1.37. The van der Waals surface area contributed by atoms with Crippen LogP contribution in [0.25, 0.3) is 16.9 Å². The third-order valence-electron chi connectivity index (χ3n) is 4.02. The lowest BCUT2D eigenvalue weighted by atomic mass is 10.2. The predicted octanol–water partition coefficient (Wildman–Crippen LogP) is 3.35. The lowest BCUT2D eigenvalue weighted by Crippen LogP contribution is -2.14. The molecule has 12 heteroatoms. The largest absolute Gasteiger partial charge is 0.478 e. The number of benzene rings is 2. The maximum atomic E-state index is 13.1. The van der Waals surface area contributed by atoms with Gasteiger partial charge in [0.25, 0.3) is 0 Å². The normalized spacial score (nSPS) is 10.7. The van der Waals surface area contributed by atoms with E-state index in [0.717, 1.165) is 17.3 Å². The molecule has 2 heterocycles. The summed E-state index contributed by atoms with van der Waals surface area (Å²) < 4.78 is 14.5. The summed E-state index contributed by atoms with van der Waals surface area (Å²) in [5, 5.41) is 25.7. The zero-order valence-electron chi connectivity index (χ0n) is 15.6. The fourth-order valence-corrected chi connectivity index (χ4v) is 3.97. The van der Waals surface area contributed by atoms with Gasteiger partial charge >= 0.3 is 5.97 Å². The summed E-state index contributed by atoms with van der Waals surface area (Å²) in [6, 6.07) is 12.0. The van der Waals surface area contributed by atoms with E-state index < -0.39 is 5.97 Å². The van der Waals surface area contributed by atoms with Crippen molar-refractivity contribution >= 4 is 40.1 Å². The number of rotatable bonds is 7. The highest BCUT2D eigenvalue weighted by Gasteiger charge is 2.14. The summed E-state index contributed by atoms with van der Waals surface area (Å²) in [5.74, 6) is -1.61. The van der Waals surface area contributed by atoms with Gasteiger partial charge in [-0.25, -0.2) is 14.2 Å². The van der Waals surface area contributed by atoms with E-state index in [-0.39, 0.29) is 23.0 Å². The minimum Gasteiger partial charge on any atom is -0.478 e. The van der Waals surface area contributed by atoms with Crippen LogP contribution in [-0.2, 0) is 4.79 Å². The Bertz CT molecular complexity index is 1220. The maximum Gasteiger partial charge on any atom is 0.335 e. The van der Waals surface area contributed by atoms with Gasteiger partial charge in [-0.3, -0.25) is 4.79 Å². The van der Waals surface area contributed by atoms with Crippen LogP contribution in [0.4, 0.5) is 9.52 Å². The average molecular weight is 456 g/mol. The predicted molar refractivity (Wildman–Crippen MR) is 113 cm³/mol. The number of thioether (sulfide) groups is 1. The number of halogens is 1. The number of nitrogens with one attached hydrogen (secondary N) is 1. The Morgan fingerprint density at radius 3 is 2.58 bits per heavy atom. The molecular weight excluding hydrogens is 443 g/mol. The molecule has 0 unspecified atom stereocenters. The molecule has 0 fully saturated rings. The van der Waals surface area contributed by atoms with Crippen LogP contribution in [-0.4, -0.2) is 47.9 Å². The number of hydrogen-bond acceptors (Lipinski definition) is 8. The van der Waals surface area contributed by atoms with E-state index in [2.05, 4.69) is 25.8 Å². The molecule has 0 spiro atoms. The fraction of sp³-hybridized carbons (Fsp3) is 0.0526. The first kappa shape index (κ1) is 20.6. The van der Waals surface area contributed by atoms with Crippen LogP contribution in [0.2, 0.25) is 0 Å². The van der Waals surface area contributed by atoms with E-state index in [1.54, 1.807) is 29.6 Å². The van der Waals surface area contributed by atoms with Gasteiger partial charge in [-0.1, -0.05) is 11.8 Å². The van der Waals surface area contributed by atoms with Crippen LogP contribution >= 0.6 is 23.1 Å². The Morgan fingerprint density at radius 1 is 1.13 bits per heavy atom. The summed E-state index contributed by atoms with van der Waals surface area (Å²) in [7, 11) is 0. The van der Waals surface area contributed by atoms with Gasteiger partial charge < -0.3 is 10.4 Å². The van der Waals surface area contributed by atoms with Gasteiger partial charge in [-0.05, 0) is 59.0 Å². The number of aromatic carboxylic acids is 1. The molecule has 2 N–H and O–H groups in total. The highest BCUT2D eigenvalue weighted by atomic mass is 32.2. The third kappa shape index (κ3) is 4.92. The summed E-state index contributed by atoms with van der Waals surface area (Å²) in [5.41, 5.74) is 2.11. The molecule has 0 aliphatic carbocycles. The molecule has 31 heavy (non-hydrogen) atoms. The lowest BCUT2D eigenvalue weighted by Gasteiger charge is -2.05. The Morgan fingerprint density at radius 2 is 1.87 bits per heavy atom. The van der Waals surface area contributed by atoms with Gasteiger partial charge in [-0.15, -0.1) is 16.4 Å². The maximum absolute atomic E-state index is 13.1. The van der Waals surface area contributed by atoms with E-state index in [0.29, 0.717) is 21.7 Å². The van der Waals surface area contributed by atoms with Crippen molar-refractivity contribution in [2.45, 2.75) is 5.16 Å². The molecule has 9 nitrogen and oxygen atoms in total. The van der Waals surface area contributed by atoms with Crippen molar-refractivity contribution in [1.82, 2.24) is 25.2 Å². The number of hydrogen-bond donors (Lipinski definition) is 2. The quantitative estimate of drug-likeness (QED) is 0.406. The summed E-state index contributed by atoms with van der Waals surface area (Å²) in [4.78, 5) is 27.6. The Hall–Kier alpha value is -3.64. The van der Waals surface area contributed by atoms with Crippen LogP contribution in [0.1, 0.15) is 10.4 Å². The first-order chi connectivity index (χ1) is 15.0. The van der Waals surface area contributed by atoms with Crippen LogP contribution in [0, 0.1) is 5.82 Å². The first-order valence-corrected chi connectivity index (χ1v) is 10.6. The number of carbonyl (C=O) groups is 2. The molecule has 0 saturated carbocycles. The number of carboxylic acid groups (broad SMARTS) is 1. The third-order valence-corrected chi connectivity index (χ3v) is 5.70. The average Bonchev–Trinajstić information content (AvgIpc) is 3.42. The van der Waals surface area contributed by atoms with Crippen molar-refractivity contribution in [1.29, 1.82) is 0 Å². The number of carboxylic acids is 1. The molecule has 0 aliphatic rings. The molecule has 0 radical (unpaired) electrons. The number of carbonyl (C=O) groups excluding carboxylic acids is 1. The lowest BCUT2D eigenvalue weighted by molar-refractivity contribution is -0.113. The van der Waals surface area contributed by atoms with Crippen LogP contribution in [0.5, 0.6) is 0 Å². The number of thiazole rings is 1. The van der Waals surface area contributed by atoms with E-state index in [4.69, 9.17) is 5.11 Å². The monoisotopic (exact) mass is 456 g/mol. The standard InChI is InChI=1S/C19H13FN6O3S2/c20-13-5-1-11(2-6-13)15-9-30-18(21-15)22-16(27)10-31-19-23-24-25-26(19)14-7-3-12(4-8-14)17(28)29/h1-9H,10H2,(H,28,29)(H,21,22,27). The van der Waals surface area contributed by atoms with Crippen molar-refractivity contribution in [3.63, 3.8) is 0 Å². The van der Waals surface area contributed by atoms with E-state index in [1.807, 2.05) is 0 Å². The SMILES string of the molecule is O=C(CSc1nnnn1-c1ccc(C(=O)O)cc1)Nc1nc(-c2ccc(F)cc2)cs1.